The Balaban J connectivity index is 1.29. The fourth-order valence-corrected chi connectivity index (χ4v) is 4.46. The number of nitrogens with one attached hydrogen (secondary N) is 1. The van der Waals surface area contributed by atoms with Gasteiger partial charge >= 0.3 is 0 Å². The molecule has 25 heavy (non-hydrogen) atoms. The number of aryl methyl sites for hydroxylation is 2. The highest BCUT2D eigenvalue weighted by Gasteiger charge is 2.57. The summed E-state index contributed by atoms with van der Waals surface area (Å²) in [4.78, 5) is 12.5. The third kappa shape index (κ3) is 2.18. The van der Waals surface area contributed by atoms with Crippen LogP contribution in [0.3, 0.4) is 0 Å². The van der Waals surface area contributed by atoms with Crippen LogP contribution in [-0.4, -0.2) is 27.0 Å². The summed E-state index contributed by atoms with van der Waals surface area (Å²) in [5.41, 5.74) is 4.73. The summed E-state index contributed by atoms with van der Waals surface area (Å²) in [6.07, 6.45) is 5.39. The highest BCUT2D eigenvalue weighted by atomic mass is 16.1. The van der Waals surface area contributed by atoms with E-state index in [0.717, 1.165) is 18.0 Å². The maximum Gasteiger partial charge on any atom is 0.252 e. The number of rotatable bonds is 3. The first-order chi connectivity index (χ1) is 12.2. The van der Waals surface area contributed by atoms with Crippen molar-refractivity contribution in [1.29, 1.82) is 0 Å². The van der Waals surface area contributed by atoms with Gasteiger partial charge in [0.25, 0.3) is 5.91 Å². The van der Waals surface area contributed by atoms with E-state index in [0.29, 0.717) is 16.9 Å². The van der Waals surface area contributed by atoms with Gasteiger partial charge in [0.1, 0.15) is 5.82 Å². The minimum absolute atomic E-state index is 0.0247. The van der Waals surface area contributed by atoms with Gasteiger partial charge < -0.3 is 5.32 Å². The lowest BCUT2D eigenvalue weighted by atomic mass is 9.95. The first-order valence-corrected chi connectivity index (χ1v) is 8.85. The summed E-state index contributed by atoms with van der Waals surface area (Å²) in [5, 5.41) is 11.2. The Morgan fingerprint density at radius 3 is 3.08 bits per heavy atom. The second-order valence-corrected chi connectivity index (χ2v) is 7.32. The van der Waals surface area contributed by atoms with Crippen LogP contribution in [0.5, 0.6) is 0 Å². The molecule has 1 fully saturated rings. The normalized spacial score (nSPS) is 23.8. The fraction of sp³-hybridized carbons (Fsp3) is 0.350. The summed E-state index contributed by atoms with van der Waals surface area (Å²) >= 11 is 0. The van der Waals surface area contributed by atoms with Crippen LogP contribution < -0.4 is 5.32 Å². The highest BCUT2D eigenvalue weighted by Crippen LogP contribution is 2.61. The van der Waals surface area contributed by atoms with Gasteiger partial charge in [-0.15, -0.1) is 10.2 Å². The third-order valence-corrected chi connectivity index (χ3v) is 5.97. The molecule has 0 saturated heterocycles. The molecule has 1 amide bonds. The van der Waals surface area contributed by atoms with Crippen LogP contribution in [0.25, 0.3) is 5.65 Å². The van der Waals surface area contributed by atoms with Gasteiger partial charge in [0.15, 0.2) is 5.65 Å². The van der Waals surface area contributed by atoms with Crippen molar-refractivity contribution in [3.63, 3.8) is 0 Å². The van der Waals surface area contributed by atoms with Crippen LogP contribution in [0.15, 0.2) is 42.6 Å². The maximum atomic E-state index is 12.5. The molecule has 1 spiro atoms. The molecule has 0 unspecified atom stereocenters. The monoisotopic (exact) mass is 332 g/mol. The Kier molecular flexibility index (Phi) is 3.02. The molecule has 0 bridgehead atoms. The van der Waals surface area contributed by atoms with E-state index >= 15 is 0 Å². The molecule has 1 N–H and O–H groups in total. The van der Waals surface area contributed by atoms with E-state index in [1.54, 1.807) is 0 Å². The molecular formula is C20H20N4O. The van der Waals surface area contributed by atoms with Crippen molar-refractivity contribution in [2.24, 2.45) is 5.92 Å². The van der Waals surface area contributed by atoms with Crippen molar-refractivity contribution in [1.82, 2.24) is 19.9 Å². The number of hydrogen-bond donors (Lipinski definition) is 1. The molecule has 0 aliphatic heterocycles. The standard InChI is InChI=1S/C20H20N4O/c1-13-22-23-18-7-6-15(12-24(13)18)19(25)21-11-16-10-20(16)9-8-14-4-2-3-5-17(14)20/h2-7,12,16H,8-11H2,1H3,(H,21,25)/t16-,20+/m0/s1. The number of pyridine rings is 1. The van der Waals surface area contributed by atoms with E-state index in [-0.39, 0.29) is 5.91 Å². The topological polar surface area (TPSA) is 59.3 Å². The van der Waals surface area contributed by atoms with Crippen LogP contribution >= 0.6 is 0 Å². The van der Waals surface area contributed by atoms with Crippen LogP contribution in [0.2, 0.25) is 0 Å². The quantitative estimate of drug-likeness (QED) is 0.802. The molecule has 0 radical (unpaired) electrons. The summed E-state index contributed by atoms with van der Waals surface area (Å²) in [6, 6.07) is 12.4. The number of fused-ring (bicyclic) bond motifs is 3. The number of nitrogens with zero attached hydrogens (tertiary/aromatic N) is 3. The lowest BCUT2D eigenvalue weighted by Gasteiger charge is -2.12. The van der Waals surface area contributed by atoms with Crippen molar-refractivity contribution >= 4 is 11.6 Å². The Hall–Kier alpha value is -2.69. The number of benzene rings is 1. The average Bonchev–Trinajstić information content (AvgIpc) is 3.04. The van der Waals surface area contributed by atoms with Gasteiger partial charge in [-0.1, -0.05) is 24.3 Å². The molecule has 2 atom stereocenters. The SMILES string of the molecule is Cc1nnc2ccc(C(=O)NC[C@@H]3C[C@]34CCc3ccccc34)cn12. The summed E-state index contributed by atoms with van der Waals surface area (Å²) < 4.78 is 1.85. The van der Waals surface area contributed by atoms with Crippen LogP contribution in [0, 0.1) is 12.8 Å². The minimum Gasteiger partial charge on any atom is -0.352 e. The number of amides is 1. The fourth-order valence-electron chi connectivity index (χ4n) is 4.46. The minimum atomic E-state index is -0.0247. The Morgan fingerprint density at radius 1 is 1.28 bits per heavy atom. The average molecular weight is 332 g/mol. The Labute approximate surface area is 146 Å². The van der Waals surface area contributed by atoms with Crippen molar-refractivity contribution in [3.8, 4) is 0 Å². The lowest BCUT2D eigenvalue weighted by molar-refractivity contribution is 0.0950. The zero-order valence-electron chi connectivity index (χ0n) is 14.2. The van der Waals surface area contributed by atoms with Crippen LogP contribution in [-0.2, 0) is 11.8 Å². The summed E-state index contributed by atoms with van der Waals surface area (Å²) in [6.45, 7) is 2.62. The second-order valence-electron chi connectivity index (χ2n) is 7.32. The van der Waals surface area contributed by atoms with E-state index < -0.39 is 0 Å². The molecule has 5 heteroatoms. The van der Waals surface area contributed by atoms with Gasteiger partial charge in [-0.25, -0.2) is 0 Å². The largest absolute Gasteiger partial charge is 0.352 e. The van der Waals surface area contributed by atoms with E-state index in [1.165, 1.54) is 30.4 Å². The predicted molar refractivity (Wildman–Crippen MR) is 94.6 cm³/mol. The highest BCUT2D eigenvalue weighted by molar-refractivity contribution is 5.94. The summed E-state index contributed by atoms with van der Waals surface area (Å²) in [7, 11) is 0. The first-order valence-electron chi connectivity index (χ1n) is 8.85. The van der Waals surface area contributed by atoms with Gasteiger partial charge in [0, 0.05) is 18.2 Å². The molecule has 2 aliphatic rings. The van der Waals surface area contributed by atoms with Crippen LogP contribution in [0.4, 0.5) is 0 Å². The Morgan fingerprint density at radius 2 is 2.16 bits per heavy atom. The predicted octanol–water partition coefficient (Wildman–Crippen LogP) is 2.67. The first kappa shape index (κ1) is 14.6. The molecule has 2 aliphatic carbocycles. The maximum absolute atomic E-state index is 12.5. The molecule has 2 heterocycles. The van der Waals surface area contributed by atoms with Gasteiger partial charge in [0.2, 0.25) is 0 Å². The molecule has 3 aromatic rings. The van der Waals surface area contributed by atoms with Crippen LogP contribution in [0.1, 0.15) is 40.2 Å². The number of aromatic nitrogens is 3. The van der Waals surface area contributed by atoms with Gasteiger partial charge in [0.05, 0.1) is 5.56 Å². The van der Waals surface area contributed by atoms with E-state index in [4.69, 9.17) is 0 Å². The molecule has 1 aromatic carbocycles. The molecule has 1 saturated carbocycles. The number of hydrogen-bond acceptors (Lipinski definition) is 3. The zero-order valence-corrected chi connectivity index (χ0v) is 14.2. The van der Waals surface area contributed by atoms with Gasteiger partial charge in [-0.2, -0.15) is 0 Å². The van der Waals surface area contributed by atoms with E-state index in [1.807, 2.05) is 29.7 Å². The second kappa shape index (κ2) is 5.15. The van der Waals surface area contributed by atoms with E-state index in [9.17, 15) is 4.79 Å². The molecule has 126 valence electrons. The van der Waals surface area contributed by atoms with Crippen molar-refractivity contribution in [2.75, 3.05) is 6.54 Å². The Bertz CT molecular complexity index is 992. The van der Waals surface area contributed by atoms with Gasteiger partial charge in [-0.05, 0) is 55.4 Å². The number of carbonyl (C=O) groups is 1. The number of carbonyl (C=O) groups excluding carboxylic acids is 1. The molecule has 5 rings (SSSR count). The molecular weight excluding hydrogens is 312 g/mol. The zero-order chi connectivity index (χ0) is 17.0. The van der Waals surface area contributed by atoms with Crippen molar-refractivity contribution in [3.05, 3.63) is 65.1 Å². The smallest absolute Gasteiger partial charge is 0.252 e. The van der Waals surface area contributed by atoms with Gasteiger partial charge in [-0.3, -0.25) is 9.20 Å². The lowest BCUT2D eigenvalue weighted by Crippen LogP contribution is -2.27. The van der Waals surface area contributed by atoms with Crippen molar-refractivity contribution in [2.45, 2.75) is 31.6 Å². The molecule has 5 nitrogen and oxygen atoms in total. The van der Waals surface area contributed by atoms with Crippen molar-refractivity contribution < 1.29 is 4.79 Å². The molecule has 2 aromatic heterocycles. The van der Waals surface area contributed by atoms with E-state index in [2.05, 4.69) is 39.8 Å². The summed E-state index contributed by atoms with van der Waals surface area (Å²) in [5.74, 6) is 1.32. The third-order valence-electron chi connectivity index (χ3n) is 5.97.